The first kappa shape index (κ1) is 18.1. The van der Waals surface area contributed by atoms with Gasteiger partial charge >= 0.3 is 0 Å². The van der Waals surface area contributed by atoms with Crippen molar-refractivity contribution >= 4 is 49.6 Å². The Morgan fingerprint density at radius 3 is 2.11 bits per heavy atom. The van der Waals surface area contributed by atoms with Crippen molar-refractivity contribution in [1.82, 2.24) is 4.98 Å². The molecule has 0 saturated heterocycles. The zero-order valence-corrected chi connectivity index (χ0v) is 17.4. The number of carbonyl (C=O) groups excluding carboxylic acids is 1. The van der Waals surface area contributed by atoms with Crippen LogP contribution in [0.5, 0.6) is 0 Å². The minimum atomic E-state index is -0.379. The van der Waals surface area contributed by atoms with Crippen LogP contribution in [-0.4, -0.2) is 10.9 Å². The molecule has 0 bridgehead atoms. The van der Waals surface area contributed by atoms with Gasteiger partial charge in [-0.05, 0) is 39.2 Å². The van der Waals surface area contributed by atoms with E-state index in [4.69, 9.17) is 0 Å². The highest BCUT2D eigenvalue weighted by Gasteiger charge is 2.23. The second-order valence-corrected chi connectivity index (χ2v) is 9.21. The van der Waals surface area contributed by atoms with Crippen molar-refractivity contribution in [2.75, 3.05) is 5.32 Å². The molecule has 0 unspecified atom stereocenters. The lowest BCUT2D eigenvalue weighted by atomic mass is 9.90. The van der Waals surface area contributed by atoms with Crippen molar-refractivity contribution < 1.29 is 4.79 Å². The number of benzene rings is 2. The van der Waals surface area contributed by atoms with E-state index in [2.05, 4.69) is 26.2 Å². The molecule has 4 aromatic rings. The van der Waals surface area contributed by atoms with Crippen LogP contribution in [0.15, 0.2) is 82.0 Å². The third-order valence-corrected chi connectivity index (χ3v) is 6.49. The summed E-state index contributed by atoms with van der Waals surface area (Å²) in [7, 11) is 0. The Labute approximate surface area is 173 Å². The average molecular weight is 455 g/mol. The van der Waals surface area contributed by atoms with Gasteiger partial charge in [-0.2, -0.15) is 0 Å². The number of carbonyl (C=O) groups is 1. The zero-order chi connectivity index (χ0) is 18.6. The minimum Gasteiger partial charge on any atom is -0.301 e. The van der Waals surface area contributed by atoms with Crippen LogP contribution in [0.25, 0.3) is 10.6 Å². The summed E-state index contributed by atoms with van der Waals surface area (Å²) in [6.07, 6.45) is 0. The normalized spacial score (nSPS) is 10.9. The fraction of sp³-hybridized carbons (Fsp3) is 0.0476. The Kier molecular flexibility index (Phi) is 5.48. The molecular formula is C21H15BrN2OS2. The molecule has 2 heterocycles. The highest BCUT2D eigenvalue weighted by atomic mass is 79.9. The Bertz CT molecular complexity index is 1000. The molecule has 0 aliphatic carbocycles. The van der Waals surface area contributed by atoms with Crippen molar-refractivity contribution in [2.24, 2.45) is 0 Å². The lowest BCUT2D eigenvalue weighted by molar-refractivity contribution is -0.116. The van der Waals surface area contributed by atoms with Gasteiger partial charge in [-0.25, -0.2) is 4.98 Å². The minimum absolute atomic E-state index is 0.0827. The first-order valence-corrected chi connectivity index (χ1v) is 10.8. The summed E-state index contributed by atoms with van der Waals surface area (Å²) in [6.45, 7) is 0. The largest absolute Gasteiger partial charge is 0.301 e. The summed E-state index contributed by atoms with van der Waals surface area (Å²) in [6, 6.07) is 23.7. The van der Waals surface area contributed by atoms with Crippen LogP contribution in [0.2, 0.25) is 0 Å². The number of aromatic nitrogens is 1. The van der Waals surface area contributed by atoms with Crippen LogP contribution < -0.4 is 5.32 Å². The van der Waals surface area contributed by atoms with E-state index in [1.54, 1.807) is 11.3 Å². The molecule has 134 valence electrons. The molecule has 0 aliphatic heterocycles. The molecule has 1 N–H and O–H groups in total. The maximum atomic E-state index is 13.1. The van der Waals surface area contributed by atoms with Gasteiger partial charge in [0.1, 0.15) is 0 Å². The monoisotopic (exact) mass is 454 g/mol. The van der Waals surface area contributed by atoms with Crippen LogP contribution >= 0.6 is 38.6 Å². The van der Waals surface area contributed by atoms with E-state index in [1.807, 2.05) is 78.2 Å². The Morgan fingerprint density at radius 1 is 0.926 bits per heavy atom. The number of hydrogen-bond acceptors (Lipinski definition) is 4. The molecule has 0 radical (unpaired) electrons. The molecule has 4 rings (SSSR count). The predicted octanol–water partition coefficient (Wildman–Crippen LogP) is 6.40. The number of anilines is 1. The van der Waals surface area contributed by atoms with E-state index in [-0.39, 0.29) is 11.8 Å². The third-order valence-electron chi connectivity index (χ3n) is 4.09. The van der Waals surface area contributed by atoms with E-state index in [0.717, 1.165) is 25.5 Å². The molecule has 27 heavy (non-hydrogen) atoms. The summed E-state index contributed by atoms with van der Waals surface area (Å²) < 4.78 is 1.06. The molecule has 0 fully saturated rings. The summed E-state index contributed by atoms with van der Waals surface area (Å²) >= 11 is 6.53. The summed E-state index contributed by atoms with van der Waals surface area (Å²) in [4.78, 5) is 18.8. The Balaban J connectivity index is 1.60. The van der Waals surface area contributed by atoms with E-state index >= 15 is 0 Å². The molecule has 0 atom stereocenters. The third kappa shape index (κ3) is 4.18. The van der Waals surface area contributed by atoms with E-state index < -0.39 is 0 Å². The smallest absolute Gasteiger partial charge is 0.238 e. The van der Waals surface area contributed by atoms with Crippen molar-refractivity contribution in [2.45, 2.75) is 5.92 Å². The molecule has 0 aliphatic rings. The molecule has 3 nitrogen and oxygen atoms in total. The van der Waals surface area contributed by atoms with Gasteiger partial charge in [0, 0.05) is 5.38 Å². The molecule has 0 spiro atoms. The summed E-state index contributed by atoms with van der Waals surface area (Å²) in [5.41, 5.74) is 2.79. The van der Waals surface area contributed by atoms with Crippen LogP contribution in [0.4, 0.5) is 5.13 Å². The van der Waals surface area contributed by atoms with Crippen molar-refractivity contribution in [1.29, 1.82) is 0 Å². The Hall–Kier alpha value is -2.28. The standard InChI is InChI=1S/C21H15BrN2OS2/c22-18-12-11-17(27-18)16-13-26-21(23-16)24-20(25)19(14-7-3-1-4-8-14)15-9-5-2-6-10-15/h1-13,19H,(H,23,24,25). The number of rotatable bonds is 5. The topological polar surface area (TPSA) is 42.0 Å². The Morgan fingerprint density at radius 2 is 1.56 bits per heavy atom. The van der Waals surface area contributed by atoms with Crippen LogP contribution in [-0.2, 0) is 4.79 Å². The van der Waals surface area contributed by atoms with E-state index in [0.29, 0.717) is 5.13 Å². The first-order valence-electron chi connectivity index (χ1n) is 8.33. The number of thiazole rings is 1. The predicted molar refractivity (Wildman–Crippen MR) is 116 cm³/mol. The second kappa shape index (κ2) is 8.17. The number of nitrogens with zero attached hydrogens (tertiary/aromatic N) is 1. The number of hydrogen-bond donors (Lipinski definition) is 1. The highest BCUT2D eigenvalue weighted by Crippen LogP contribution is 2.34. The van der Waals surface area contributed by atoms with Gasteiger partial charge in [0.05, 0.1) is 20.3 Å². The summed E-state index contributed by atoms with van der Waals surface area (Å²) in [5, 5.41) is 5.57. The number of halogens is 1. The molecule has 0 saturated carbocycles. The molecule has 2 aromatic carbocycles. The average Bonchev–Trinajstić information content (AvgIpc) is 3.33. The van der Waals surface area contributed by atoms with Crippen molar-refractivity contribution in [3.63, 3.8) is 0 Å². The molecular weight excluding hydrogens is 440 g/mol. The van der Waals surface area contributed by atoms with Crippen molar-refractivity contribution in [3.8, 4) is 10.6 Å². The van der Waals surface area contributed by atoms with Gasteiger partial charge in [0.2, 0.25) is 5.91 Å². The van der Waals surface area contributed by atoms with Gasteiger partial charge in [0.25, 0.3) is 0 Å². The number of amides is 1. The lowest BCUT2D eigenvalue weighted by Crippen LogP contribution is -2.22. The number of thiophene rings is 1. The second-order valence-electron chi connectivity index (χ2n) is 5.89. The number of nitrogens with one attached hydrogen (secondary N) is 1. The van der Waals surface area contributed by atoms with Gasteiger partial charge in [-0.1, -0.05) is 60.7 Å². The maximum absolute atomic E-state index is 13.1. The van der Waals surface area contributed by atoms with Gasteiger partial charge in [0.15, 0.2) is 5.13 Å². The SMILES string of the molecule is O=C(Nc1nc(-c2ccc(Br)s2)cs1)C(c1ccccc1)c1ccccc1. The highest BCUT2D eigenvalue weighted by molar-refractivity contribution is 9.11. The molecule has 6 heteroatoms. The van der Waals surface area contributed by atoms with Crippen LogP contribution in [0.1, 0.15) is 17.0 Å². The van der Waals surface area contributed by atoms with Gasteiger partial charge in [-0.15, -0.1) is 22.7 Å². The van der Waals surface area contributed by atoms with E-state index in [9.17, 15) is 4.79 Å². The fourth-order valence-electron chi connectivity index (χ4n) is 2.86. The van der Waals surface area contributed by atoms with Crippen LogP contribution in [0.3, 0.4) is 0 Å². The van der Waals surface area contributed by atoms with Crippen LogP contribution in [0, 0.1) is 0 Å². The fourth-order valence-corrected chi connectivity index (χ4v) is 4.99. The zero-order valence-electron chi connectivity index (χ0n) is 14.1. The summed E-state index contributed by atoms with van der Waals surface area (Å²) in [5.74, 6) is -0.462. The maximum Gasteiger partial charge on any atom is 0.238 e. The van der Waals surface area contributed by atoms with E-state index in [1.165, 1.54) is 11.3 Å². The van der Waals surface area contributed by atoms with Gasteiger partial charge in [-0.3, -0.25) is 4.79 Å². The quantitative estimate of drug-likeness (QED) is 0.378. The van der Waals surface area contributed by atoms with Gasteiger partial charge < -0.3 is 5.32 Å². The lowest BCUT2D eigenvalue weighted by Gasteiger charge is -2.17. The molecule has 1 amide bonds. The molecule has 2 aromatic heterocycles. The first-order chi connectivity index (χ1) is 13.2. The van der Waals surface area contributed by atoms with Crippen molar-refractivity contribution in [3.05, 3.63) is 93.1 Å².